The number of ether oxygens (including phenoxy) is 4. The second-order valence-corrected chi connectivity index (χ2v) is 28.8. The van der Waals surface area contributed by atoms with E-state index >= 15 is 0 Å². The van der Waals surface area contributed by atoms with Gasteiger partial charge in [0.2, 0.25) is 0 Å². The van der Waals surface area contributed by atoms with Gasteiger partial charge in [-0.3, -0.25) is 37.3 Å². The number of esters is 4. The number of phosphoric acid groups is 2. The van der Waals surface area contributed by atoms with E-state index in [0.29, 0.717) is 25.7 Å². The lowest BCUT2D eigenvalue weighted by molar-refractivity contribution is -0.161. The summed E-state index contributed by atoms with van der Waals surface area (Å²) in [7, 11) is -9.97. The van der Waals surface area contributed by atoms with Crippen LogP contribution >= 0.6 is 15.6 Å². The molecule has 0 aromatic heterocycles. The summed E-state index contributed by atoms with van der Waals surface area (Å²) in [5.41, 5.74) is 0. The molecular formula is C83H140O17P2. The average Bonchev–Trinajstić information content (AvgIpc) is 0.921. The molecule has 5 unspecified atom stereocenters. The Kier molecular flexibility index (Phi) is 71.0. The Morgan fingerprint density at radius 3 is 0.794 bits per heavy atom. The molecule has 0 aromatic rings. The summed E-state index contributed by atoms with van der Waals surface area (Å²) in [4.78, 5) is 73.0. The van der Waals surface area contributed by atoms with Crippen LogP contribution in [-0.2, 0) is 65.4 Å². The molecule has 19 heteroatoms. The van der Waals surface area contributed by atoms with Crippen molar-refractivity contribution in [2.75, 3.05) is 39.6 Å². The van der Waals surface area contributed by atoms with Crippen LogP contribution in [0.15, 0.2) is 134 Å². The van der Waals surface area contributed by atoms with Gasteiger partial charge < -0.3 is 33.8 Å². The fourth-order valence-corrected chi connectivity index (χ4v) is 11.7. The molecule has 0 amide bonds. The van der Waals surface area contributed by atoms with E-state index < -0.39 is 97.5 Å². The van der Waals surface area contributed by atoms with Gasteiger partial charge in [0.05, 0.1) is 26.4 Å². The molecule has 0 aliphatic rings. The summed E-state index contributed by atoms with van der Waals surface area (Å²) in [6.45, 7) is 4.45. The third-order valence-corrected chi connectivity index (χ3v) is 18.0. The Labute approximate surface area is 618 Å². The monoisotopic (exact) mass is 1470 g/mol. The van der Waals surface area contributed by atoms with Crippen molar-refractivity contribution in [3.05, 3.63) is 134 Å². The molecule has 0 aliphatic heterocycles. The highest BCUT2D eigenvalue weighted by molar-refractivity contribution is 7.47. The number of aliphatic hydroxyl groups is 1. The zero-order valence-corrected chi connectivity index (χ0v) is 65.5. The van der Waals surface area contributed by atoms with Crippen LogP contribution in [0.1, 0.15) is 310 Å². The first-order chi connectivity index (χ1) is 49.7. The van der Waals surface area contributed by atoms with E-state index in [1.807, 2.05) is 0 Å². The molecule has 0 radical (unpaired) electrons. The Balaban J connectivity index is 5.36. The Morgan fingerprint density at radius 2 is 0.510 bits per heavy atom. The maximum Gasteiger partial charge on any atom is 0.472 e. The van der Waals surface area contributed by atoms with E-state index in [1.165, 1.54) is 12.8 Å². The van der Waals surface area contributed by atoms with Crippen molar-refractivity contribution in [2.45, 2.75) is 329 Å². The van der Waals surface area contributed by atoms with Crippen molar-refractivity contribution in [1.29, 1.82) is 0 Å². The third kappa shape index (κ3) is 73.5. The van der Waals surface area contributed by atoms with E-state index in [9.17, 15) is 43.2 Å². The van der Waals surface area contributed by atoms with Crippen LogP contribution in [-0.4, -0.2) is 96.7 Å². The van der Waals surface area contributed by atoms with Crippen LogP contribution in [0.3, 0.4) is 0 Å². The number of hydrogen-bond acceptors (Lipinski definition) is 15. The molecule has 17 nitrogen and oxygen atoms in total. The highest BCUT2D eigenvalue weighted by Crippen LogP contribution is 2.45. The molecule has 0 rings (SSSR count). The minimum Gasteiger partial charge on any atom is -0.462 e. The van der Waals surface area contributed by atoms with Gasteiger partial charge in [0.25, 0.3) is 0 Å². The number of allylic oxidation sites excluding steroid dienone is 22. The number of carbonyl (C=O) groups excluding carboxylic acids is 4. The third-order valence-electron chi connectivity index (χ3n) is 16.1. The zero-order valence-electron chi connectivity index (χ0n) is 63.7. The zero-order chi connectivity index (χ0) is 74.6. The quantitative estimate of drug-likeness (QED) is 0.0169. The Hall–Kier alpha value is -4.80. The van der Waals surface area contributed by atoms with Crippen LogP contribution in [0.2, 0.25) is 0 Å². The lowest BCUT2D eigenvalue weighted by Crippen LogP contribution is -2.30. The summed E-state index contributed by atoms with van der Waals surface area (Å²) in [6, 6.07) is 0. The standard InChI is InChI=1S/C83H140O17P2/c1-5-9-13-17-21-25-29-32-35-37-38-40-42-45-49-52-56-60-64-68-81(86)94-74-79(100-83(88)70-66-62-58-54-50-46-43-39-36-33-30-26-22-18-14-10-6-2)76-98-102(91,92)96-72-77(84)71-95-101(89,90)97-75-78(99-82(87)69-65-61-57-53-47-28-24-20-16-12-8-4)73-93-80(85)67-63-59-55-51-48-44-41-34-31-27-23-19-15-11-7-3/h9-11,13-15,20-27,32-36,38,40-41,77-79,84H,5-8,12,16-19,28-31,37,39,42-76H2,1-4H3,(H,89,90)(H,91,92)/b13-9-,14-10-,15-11-,24-20-,25-21-,26-22-,27-23-,35-32-,36-33-,40-38-,41-34-. The van der Waals surface area contributed by atoms with Crippen molar-refractivity contribution in [1.82, 2.24) is 0 Å². The lowest BCUT2D eigenvalue weighted by Gasteiger charge is -2.21. The second kappa shape index (κ2) is 74.5. The van der Waals surface area contributed by atoms with Gasteiger partial charge in [-0.15, -0.1) is 0 Å². The van der Waals surface area contributed by atoms with Gasteiger partial charge in [0.1, 0.15) is 19.3 Å². The van der Waals surface area contributed by atoms with E-state index in [-0.39, 0.29) is 25.7 Å². The van der Waals surface area contributed by atoms with Crippen LogP contribution in [0, 0.1) is 0 Å². The van der Waals surface area contributed by atoms with Crippen LogP contribution < -0.4 is 0 Å². The topological polar surface area (TPSA) is 237 Å². The van der Waals surface area contributed by atoms with Crippen molar-refractivity contribution >= 4 is 39.5 Å². The lowest BCUT2D eigenvalue weighted by atomic mass is 10.1. The molecule has 102 heavy (non-hydrogen) atoms. The summed E-state index contributed by atoms with van der Waals surface area (Å²) < 4.78 is 68.5. The van der Waals surface area contributed by atoms with Crippen molar-refractivity contribution in [3.63, 3.8) is 0 Å². The minimum absolute atomic E-state index is 0.0769. The molecule has 0 saturated carbocycles. The molecule has 0 saturated heterocycles. The summed E-state index contributed by atoms with van der Waals surface area (Å²) >= 11 is 0. The average molecular weight is 1470 g/mol. The molecule has 0 spiro atoms. The van der Waals surface area contributed by atoms with Gasteiger partial charge >= 0.3 is 39.5 Å². The van der Waals surface area contributed by atoms with Crippen LogP contribution in [0.25, 0.3) is 0 Å². The summed E-state index contributed by atoms with van der Waals surface area (Å²) in [6.07, 6.45) is 82.9. The van der Waals surface area contributed by atoms with E-state index in [0.717, 1.165) is 218 Å². The Bertz CT molecular complexity index is 2460. The molecule has 0 aliphatic carbocycles. The molecule has 5 atom stereocenters. The largest absolute Gasteiger partial charge is 0.472 e. The van der Waals surface area contributed by atoms with Gasteiger partial charge in [0, 0.05) is 25.7 Å². The predicted octanol–water partition coefficient (Wildman–Crippen LogP) is 22.9. The predicted molar refractivity (Wildman–Crippen MR) is 418 cm³/mol. The first-order valence-corrected chi connectivity index (χ1v) is 42.4. The number of hydrogen-bond donors (Lipinski definition) is 3. The fourth-order valence-electron chi connectivity index (χ4n) is 10.2. The molecule has 0 aromatic carbocycles. The van der Waals surface area contributed by atoms with Gasteiger partial charge in [-0.2, -0.15) is 0 Å². The molecule has 0 bridgehead atoms. The summed E-state index contributed by atoms with van der Waals surface area (Å²) in [5, 5.41) is 10.6. The first kappa shape index (κ1) is 97.2. The Morgan fingerprint density at radius 1 is 0.284 bits per heavy atom. The highest BCUT2D eigenvalue weighted by atomic mass is 31.2. The molecule has 0 heterocycles. The first-order valence-electron chi connectivity index (χ1n) is 39.4. The molecule has 3 N–H and O–H groups in total. The number of phosphoric ester groups is 2. The van der Waals surface area contributed by atoms with E-state index in [1.54, 1.807) is 0 Å². The molecule has 0 fully saturated rings. The molecular weight excluding hydrogens is 1330 g/mol. The normalized spacial score (nSPS) is 14.6. The van der Waals surface area contributed by atoms with Crippen molar-refractivity contribution in [3.8, 4) is 0 Å². The number of rotatable bonds is 73. The minimum atomic E-state index is -4.99. The van der Waals surface area contributed by atoms with Gasteiger partial charge in [-0.1, -0.05) is 271 Å². The number of aliphatic hydroxyl groups excluding tert-OH is 1. The van der Waals surface area contributed by atoms with Gasteiger partial charge in [-0.25, -0.2) is 9.13 Å². The van der Waals surface area contributed by atoms with E-state index in [2.05, 4.69) is 161 Å². The maximum absolute atomic E-state index is 13.1. The van der Waals surface area contributed by atoms with E-state index in [4.69, 9.17) is 37.0 Å². The van der Waals surface area contributed by atoms with Gasteiger partial charge in [-0.05, 0) is 148 Å². The highest BCUT2D eigenvalue weighted by Gasteiger charge is 2.30. The smallest absolute Gasteiger partial charge is 0.462 e. The summed E-state index contributed by atoms with van der Waals surface area (Å²) in [5.74, 6) is -2.23. The fraction of sp³-hybridized carbons (Fsp3) is 0.687. The van der Waals surface area contributed by atoms with Crippen molar-refractivity contribution < 1.29 is 80.2 Å². The van der Waals surface area contributed by atoms with Crippen LogP contribution in [0.5, 0.6) is 0 Å². The van der Waals surface area contributed by atoms with Crippen LogP contribution in [0.4, 0.5) is 0 Å². The molecule has 584 valence electrons. The maximum atomic E-state index is 13.1. The SMILES string of the molecule is CC/C=C\C/C=C\C/C=C\C/C=C\CCCCCCCCC(=O)OCC(COP(=O)(O)OCC(O)COP(=O)(O)OCC(COC(=O)CCCCCCC/C=C\C/C=C\C/C=C\CC)OC(=O)CCCCCCC/C=C\CCCC)OC(=O)CCCCCCCCC/C=C\C/C=C\C/C=C\CC. The number of unbranched alkanes of at least 4 members (excludes halogenated alkanes) is 25. The van der Waals surface area contributed by atoms with Crippen molar-refractivity contribution in [2.24, 2.45) is 0 Å². The van der Waals surface area contributed by atoms with Gasteiger partial charge in [0.15, 0.2) is 12.2 Å². The number of carbonyl (C=O) groups is 4. The second-order valence-electron chi connectivity index (χ2n) is 25.9.